The molecule has 1 atom stereocenters. The number of hydrogen-bond donors (Lipinski definition) is 1. The van der Waals surface area contributed by atoms with Crippen molar-refractivity contribution in [2.75, 3.05) is 18.9 Å². The van der Waals surface area contributed by atoms with E-state index in [9.17, 15) is 13.6 Å². The fourth-order valence-corrected chi connectivity index (χ4v) is 3.00. The van der Waals surface area contributed by atoms with Gasteiger partial charge in [-0.3, -0.25) is 4.79 Å². The number of rotatable bonds is 3. The number of amides is 1. The molecule has 1 aromatic rings. The maximum atomic E-state index is 13.6. The zero-order valence-electron chi connectivity index (χ0n) is 8.90. The summed E-state index contributed by atoms with van der Waals surface area (Å²) in [6, 6.07) is 3.31. The Morgan fingerprint density at radius 2 is 2.24 bits per heavy atom. The second-order valence-corrected chi connectivity index (χ2v) is 4.71. The molecule has 0 radical (unpaired) electrons. The van der Waals surface area contributed by atoms with Crippen LogP contribution in [-0.2, 0) is 4.79 Å². The third-order valence-electron chi connectivity index (χ3n) is 2.54. The van der Waals surface area contributed by atoms with Crippen molar-refractivity contribution in [3.05, 3.63) is 35.4 Å². The van der Waals surface area contributed by atoms with E-state index in [-0.39, 0.29) is 30.4 Å². The van der Waals surface area contributed by atoms with Gasteiger partial charge in [0, 0.05) is 18.2 Å². The number of halogens is 2. The van der Waals surface area contributed by atoms with Crippen molar-refractivity contribution in [3.8, 4) is 0 Å². The Bertz CT molecular complexity index is 441. The fraction of sp³-hybridized carbons (Fsp3) is 0.364. The predicted molar refractivity (Wildman–Crippen MR) is 60.4 cm³/mol. The molecule has 1 N–H and O–H groups in total. The largest absolute Gasteiger partial charge is 0.395 e. The van der Waals surface area contributed by atoms with Crippen molar-refractivity contribution in [3.63, 3.8) is 0 Å². The Kier molecular flexibility index (Phi) is 3.63. The van der Waals surface area contributed by atoms with E-state index >= 15 is 0 Å². The van der Waals surface area contributed by atoms with Crippen molar-refractivity contribution < 1.29 is 18.7 Å². The van der Waals surface area contributed by atoms with Crippen LogP contribution in [0.15, 0.2) is 18.2 Å². The van der Waals surface area contributed by atoms with E-state index in [4.69, 9.17) is 5.11 Å². The van der Waals surface area contributed by atoms with Gasteiger partial charge in [0.25, 0.3) is 0 Å². The van der Waals surface area contributed by atoms with Gasteiger partial charge in [0.2, 0.25) is 5.91 Å². The minimum Gasteiger partial charge on any atom is -0.395 e. The van der Waals surface area contributed by atoms with Crippen LogP contribution in [-0.4, -0.2) is 34.8 Å². The normalized spacial score (nSPS) is 20.1. The highest BCUT2D eigenvalue weighted by molar-refractivity contribution is 8.00. The van der Waals surface area contributed by atoms with Crippen LogP contribution < -0.4 is 0 Å². The lowest BCUT2D eigenvalue weighted by Crippen LogP contribution is -2.31. The van der Waals surface area contributed by atoms with Gasteiger partial charge in [-0.15, -0.1) is 11.8 Å². The summed E-state index contributed by atoms with van der Waals surface area (Å²) in [5, 5.41) is 8.39. The van der Waals surface area contributed by atoms with Crippen molar-refractivity contribution in [2.45, 2.75) is 5.37 Å². The molecule has 1 unspecified atom stereocenters. The number of carbonyl (C=O) groups excluding carboxylic acids is 1. The van der Waals surface area contributed by atoms with E-state index in [0.717, 1.165) is 6.07 Å². The van der Waals surface area contributed by atoms with Crippen LogP contribution in [0.4, 0.5) is 8.78 Å². The first-order valence-electron chi connectivity index (χ1n) is 5.10. The summed E-state index contributed by atoms with van der Waals surface area (Å²) in [4.78, 5) is 12.9. The van der Waals surface area contributed by atoms with Gasteiger partial charge >= 0.3 is 0 Å². The zero-order valence-corrected chi connectivity index (χ0v) is 9.71. The zero-order chi connectivity index (χ0) is 12.4. The topological polar surface area (TPSA) is 40.5 Å². The van der Waals surface area contributed by atoms with Crippen molar-refractivity contribution in [2.24, 2.45) is 0 Å². The van der Waals surface area contributed by atoms with Crippen LogP contribution in [0.2, 0.25) is 0 Å². The number of hydrogen-bond acceptors (Lipinski definition) is 3. The van der Waals surface area contributed by atoms with E-state index < -0.39 is 17.0 Å². The Labute approximate surface area is 101 Å². The van der Waals surface area contributed by atoms with E-state index in [1.807, 2.05) is 0 Å². The number of β-amino-alcohol motifs (C(OH)–C–C–N with tert-alkyl or cyclic N) is 1. The maximum Gasteiger partial charge on any atom is 0.233 e. The van der Waals surface area contributed by atoms with E-state index in [1.165, 1.54) is 28.8 Å². The Morgan fingerprint density at radius 3 is 2.88 bits per heavy atom. The number of thioether (sulfide) groups is 1. The minimum absolute atomic E-state index is 0.141. The standard InChI is InChI=1S/C11H11F2NO2S/c12-7-1-2-8(9(13)5-7)11-14(3-4-15)10(16)6-17-11/h1-2,5,11,15H,3-4,6H2. The highest BCUT2D eigenvalue weighted by Gasteiger charge is 2.33. The number of carbonyl (C=O) groups is 1. The highest BCUT2D eigenvalue weighted by Crippen LogP contribution is 2.39. The van der Waals surface area contributed by atoms with Gasteiger partial charge in [0.15, 0.2) is 0 Å². The molecule has 0 spiro atoms. The van der Waals surface area contributed by atoms with Crippen LogP contribution in [0.5, 0.6) is 0 Å². The van der Waals surface area contributed by atoms with E-state index in [2.05, 4.69) is 0 Å². The van der Waals surface area contributed by atoms with Crippen molar-refractivity contribution in [1.29, 1.82) is 0 Å². The lowest BCUT2D eigenvalue weighted by Gasteiger charge is -2.23. The second-order valence-electron chi connectivity index (χ2n) is 3.64. The molecule has 1 aromatic carbocycles. The van der Waals surface area contributed by atoms with Gasteiger partial charge in [-0.1, -0.05) is 6.07 Å². The first-order chi connectivity index (χ1) is 8.13. The van der Waals surface area contributed by atoms with E-state index in [1.54, 1.807) is 0 Å². The summed E-state index contributed by atoms with van der Waals surface area (Å²) in [7, 11) is 0. The van der Waals surface area contributed by atoms with Crippen LogP contribution in [0.3, 0.4) is 0 Å². The average Bonchev–Trinajstić information content (AvgIpc) is 2.62. The molecule has 2 rings (SSSR count). The Balaban J connectivity index is 2.29. The molecular weight excluding hydrogens is 248 g/mol. The Morgan fingerprint density at radius 1 is 1.47 bits per heavy atom. The number of benzene rings is 1. The summed E-state index contributed by atoms with van der Waals surface area (Å²) >= 11 is 1.27. The Hall–Kier alpha value is -1.14. The summed E-state index contributed by atoms with van der Waals surface area (Å²) in [5.41, 5.74) is 0.274. The first-order valence-corrected chi connectivity index (χ1v) is 6.15. The van der Waals surface area contributed by atoms with Gasteiger partial charge in [0.05, 0.1) is 12.4 Å². The van der Waals surface area contributed by atoms with Gasteiger partial charge in [-0.25, -0.2) is 8.78 Å². The highest BCUT2D eigenvalue weighted by atomic mass is 32.2. The molecule has 0 aliphatic carbocycles. The third kappa shape index (κ3) is 2.42. The molecule has 1 aliphatic heterocycles. The number of aliphatic hydroxyl groups is 1. The van der Waals surface area contributed by atoms with Crippen molar-refractivity contribution in [1.82, 2.24) is 4.90 Å². The van der Waals surface area contributed by atoms with Crippen LogP contribution in [0.1, 0.15) is 10.9 Å². The number of nitrogens with zero attached hydrogens (tertiary/aromatic N) is 1. The smallest absolute Gasteiger partial charge is 0.233 e. The minimum atomic E-state index is -0.667. The molecule has 0 bridgehead atoms. The molecule has 1 heterocycles. The summed E-state index contributed by atoms with van der Waals surface area (Å²) in [6.45, 7) is -0.0150. The first kappa shape index (κ1) is 12.3. The van der Waals surface area contributed by atoms with Crippen LogP contribution >= 0.6 is 11.8 Å². The SMILES string of the molecule is O=C1CSC(c2ccc(F)cc2F)N1CCO. The molecule has 17 heavy (non-hydrogen) atoms. The summed E-state index contributed by atoms with van der Waals surface area (Å²) < 4.78 is 26.4. The molecule has 92 valence electrons. The molecule has 6 heteroatoms. The monoisotopic (exact) mass is 259 g/mol. The molecule has 0 aromatic heterocycles. The molecule has 1 fully saturated rings. The summed E-state index contributed by atoms with van der Waals surface area (Å²) in [6.07, 6.45) is 0. The van der Waals surface area contributed by atoms with Gasteiger partial charge in [-0.2, -0.15) is 0 Å². The predicted octanol–water partition coefficient (Wildman–Crippen LogP) is 1.53. The third-order valence-corrected chi connectivity index (χ3v) is 3.78. The average molecular weight is 259 g/mol. The molecule has 1 amide bonds. The lowest BCUT2D eigenvalue weighted by atomic mass is 10.2. The van der Waals surface area contributed by atoms with Crippen molar-refractivity contribution >= 4 is 17.7 Å². The molecule has 3 nitrogen and oxygen atoms in total. The molecule has 1 saturated heterocycles. The quantitative estimate of drug-likeness (QED) is 0.895. The van der Waals surface area contributed by atoms with E-state index in [0.29, 0.717) is 0 Å². The van der Waals surface area contributed by atoms with Crippen LogP contribution in [0, 0.1) is 11.6 Å². The lowest BCUT2D eigenvalue weighted by molar-refractivity contribution is -0.128. The maximum absolute atomic E-state index is 13.6. The van der Waals surface area contributed by atoms with Gasteiger partial charge < -0.3 is 10.0 Å². The molecule has 1 aliphatic rings. The second kappa shape index (κ2) is 5.01. The fourth-order valence-electron chi connectivity index (χ4n) is 1.76. The molecular formula is C11H11F2NO2S. The molecule has 0 saturated carbocycles. The van der Waals surface area contributed by atoms with Gasteiger partial charge in [-0.05, 0) is 6.07 Å². The number of aliphatic hydroxyl groups excluding tert-OH is 1. The summed E-state index contributed by atoms with van der Waals surface area (Å²) in [5.74, 6) is -1.20. The van der Waals surface area contributed by atoms with Gasteiger partial charge in [0.1, 0.15) is 17.0 Å². The van der Waals surface area contributed by atoms with Crippen LogP contribution in [0.25, 0.3) is 0 Å².